The number of nitrogen functional groups attached to an aromatic ring is 1. The minimum Gasteiger partial charge on any atom is -0.487 e. The van der Waals surface area contributed by atoms with Gasteiger partial charge < -0.3 is 15.4 Å². The van der Waals surface area contributed by atoms with E-state index in [2.05, 4.69) is 16.9 Å². The van der Waals surface area contributed by atoms with Gasteiger partial charge in [-0.25, -0.2) is 0 Å². The summed E-state index contributed by atoms with van der Waals surface area (Å²) in [6, 6.07) is 1.82. The summed E-state index contributed by atoms with van der Waals surface area (Å²) in [6.45, 7) is 2.13. The van der Waals surface area contributed by atoms with Gasteiger partial charge in [-0.05, 0) is 26.4 Å². The van der Waals surface area contributed by atoms with E-state index in [0.29, 0.717) is 5.69 Å². The number of likely N-dealkylation sites (N-methyl/N-ethyl adjacent to an activating group) is 1. The van der Waals surface area contributed by atoms with Crippen LogP contribution in [-0.4, -0.2) is 36.1 Å². The third-order valence-corrected chi connectivity index (χ3v) is 2.68. The van der Waals surface area contributed by atoms with Gasteiger partial charge in [0.05, 0.1) is 11.9 Å². The van der Waals surface area contributed by atoms with Crippen LogP contribution in [-0.2, 0) is 0 Å². The van der Waals surface area contributed by atoms with E-state index >= 15 is 0 Å². The van der Waals surface area contributed by atoms with Crippen molar-refractivity contribution in [2.75, 3.05) is 25.9 Å². The number of nitrogens with zero attached hydrogens (tertiary/aromatic N) is 2. The van der Waals surface area contributed by atoms with Gasteiger partial charge in [0.1, 0.15) is 11.9 Å². The van der Waals surface area contributed by atoms with Gasteiger partial charge in [0.25, 0.3) is 0 Å². The van der Waals surface area contributed by atoms with E-state index in [1.165, 1.54) is 6.42 Å². The average Bonchev–Trinajstić information content (AvgIpc) is 2.22. The summed E-state index contributed by atoms with van der Waals surface area (Å²) in [5.74, 6) is 0.755. The zero-order valence-corrected chi connectivity index (χ0v) is 9.02. The van der Waals surface area contributed by atoms with E-state index in [9.17, 15) is 0 Å². The lowest BCUT2D eigenvalue weighted by molar-refractivity contribution is 0.105. The molecule has 15 heavy (non-hydrogen) atoms. The number of rotatable bonds is 2. The van der Waals surface area contributed by atoms with Gasteiger partial charge in [-0.15, -0.1) is 0 Å². The lowest BCUT2D eigenvalue weighted by atomic mass is 10.1. The molecular formula is C11H17N3O. The van der Waals surface area contributed by atoms with Crippen LogP contribution in [0.1, 0.15) is 12.8 Å². The van der Waals surface area contributed by atoms with Crippen LogP contribution in [0.15, 0.2) is 18.5 Å². The molecule has 0 amide bonds. The van der Waals surface area contributed by atoms with Crippen molar-refractivity contribution in [1.82, 2.24) is 9.88 Å². The highest BCUT2D eigenvalue weighted by Crippen LogP contribution is 2.22. The SMILES string of the molecule is CN1CCC[C@@H](Oc2ccncc2N)C1. The molecule has 0 radical (unpaired) electrons. The van der Waals surface area contributed by atoms with Crippen LogP contribution in [0.25, 0.3) is 0 Å². The fraction of sp³-hybridized carbons (Fsp3) is 0.545. The number of aromatic nitrogens is 1. The Morgan fingerprint density at radius 1 is 1.60 bits per heavy atom. The van der Waals surface area contributed by atoms with Crippen LogP contribution >= 0.6 is 0 Å². The molecule has 4 heteroatoms. The monoisotopic (exact) mass is 207 g/mol. The summed E-state index contributed by atoms with van der Waals surface area (Å²) in [7, 11) is 2.12. The molecule has 0 bridgehead atoms. The lowest BCUT2D eigenvalue weighted by Gasteiger charge is -2.30. The number of likely N-dealkylation sites (tertiary alicyclic amines) is 1. The Labute approximate surface area is 90.0 Å². The molecule has 2 rings (SSSR count). The van der Waals surface area contributed by atoms with Gasteiger partial charge in [0, 0.05) is 18.8 Å². The van der Waals surface area contributed by atoms with Gasteiger partial charge in [-0.2, -0.15) is 0 Å². The normalized spacial score (nSPS) is 22.6. The van der Waals surface area contributed by atoms with Gasteiger partial charge in [-0.3, -0.25) is 4.98 Å². The Morgan fingerprint density at radius 3 is 3.20 bits per heavy atom. The van der Waals surface area contributed by atoms with E-state index < -0.39 is 0 Å². The molecule has 0 aliphatic carbocycles. The molecule has 1 aliphatic rings. The van der Waals surface area contributed by atoms with E-state index in [1.807, 2.05) is 6.07 Å². The van der Waals surface area contributed by atoms with Crippen LogP contribution in [0.2, 0.25) is 0 Å². The Balaban J connectivity index is 1.99. The summed E-state index contributed by atoms with van der Waals surface area (Å²) in [5, 5.41) is 0. The number of ether oxygens (including phenoxy) is 1. The molecule has 0 spiro atoms. The van der Waals surface area contributed by atoms with Gasteiger partial charge in [0.2, 0.25) is 0 Å². The van der Waals surface area contributed by atoms with E-state index in [4.69, 9.17) is 10.5 Å². The smallest absolute Gasteiger partial charge is 0.145 e. The number of anilines is 1. The highest BCUT2D eigenvalue weighted by Gasteiger charge is 2.19. The van der Waals surface area contributed by atoms with Crippen LogP contribution in [0.4, 0.5) is 5.69 Å². The van der Waals surface area contributed by atoms with Gasteiger partial charge in [-0.1, -0.05) is 0 Å². The quantitative estimate of drug-likeness (QED) is 0.790. The van der Waals surface area contributed by atoms with E-state index in [-0.39, 0.29) is 6.10 Å². The summed E-state index contributed by atoms with van der Waals surface area (Å²) >= 11 is 0. The molecule has 1 aliphatic heterocycles. The molecule has 0 unspecified atom stereocenters. The first-order valence-corrected chi connectivity index (χ1v) is 5.30. The first kappa shape index (κ1) is 10.2. The Kier molecular flexibility index (Phi) is 3.06. The molecule has 1 fully saturated rings. The highest BCUT2D eigenvalue weighted by molar-refractivity contribution is 5.49. The topological polar surface area (TPSA) is 51.4 Å². The zero-order chi connectivity index (χ0) is 10.7. The van der Waals surface area contributed by atoms with Gasteiger partial charge in [0.15, 0.2) is 0 Å². The fourth-order valence-electron chi connectivity index (χ4n) is 1.90. The van der Waals surface area contributed by atoms with Crippen LogP contribution < -0.4 is 10.5 Å². The Hall–Kier alpha value is -1.29. The van der Waals surface area contributed by atoms with Crippen LogP contribution in [0, 0.1) is 0 Å². The molecule has 1 atom stereocenters. The standard InChI is InChI=1S/C11H17N3O/c1-14-6-2-3-9(8-14)15-11-4-5-13-7-10(11)12/h4-5,7,9H,2-3,6,8,12H2,1H3/t9-/m1/s1. The largest absolute Gasteiger partial charge is 0.487 e. The number of hydrogen-bond donors (Lipinski definition) is 1. The number of pyridine rings is 1. The van der Waals surface area contributed by atoms with E-state index in [0.717, 1.165) is 25.3 Å². The number of nitrogens with two attached hydrogens (primary N) is 1. The van der Waals surface area contributed by atoms with Crippen LogP contribution in [0.3, 0.4) is 0 Å². The second-order valence-electron chi connectivity index (χ2n) is 4.06. The predicted octanol–water partition coefficient (Wildman–Crippen LogP) is 1.14. The fourth-order valence-corrected chi connectivity index (χ4v) is 1.90. The lowest BCUT2D eigenvalue weighted by Crippen LogP contribution is -2.38. The molecular weight excluding hydrogens is 190 g/mol. The molecule has 2 N–H and O–H groups in total. The minimum atomic E-state index is 0.258. The Morgan fingerprint density at radius 2 is 2.47 bits per heavy atom. The molecule has 82 valence electrons. The summed E-state index contributed by atoms with van der Waals surface area (Å²) in [5.41, 5.74) is 6.39. The predicted molar refractivity (Wildman–Crippen MR) is 59.8 cm³/mol. The number of hydrogen-bond acceptors (Lipinski definition) is 4. The molecule has 1 saturated heterocycles. The number of piperidine rings is 1. The molecule has 2 heterocycles. The third kappa shape index (κ3) is 2.59. The molecule has 1 aromatic heterocycles. The minimum absolute atomic E-state index is 0.258. The van der Waals surface area contributed by atoms with Crippen molar-refractivity contribution in [3.8, 4) is 5.75 Å². The molecule has 4 nitrogen and oxygen atoms in total. The van der Waals surface area contributed by atoms with Crippen molar-refractivity contribution in [1.29, 1.82) is 0 Å². The van der Waals surface area contributed by atoms with Crippen molar-refractivity contribution in [2.24, 2.45) is 0 Å². The van der Waals surface area contributed by atoms with Crippen LogP contribution in [0.5, 0.6) is 5.75 Å². The van der Waals surface area contributed by atoms with Crippen molar-refractivity contribution in [2.45, 2.75) is 18.9 Å². The second-order valence-corrected chi connectivity index (χ2v) is 4.06. The van der Waals surface area contributed by atoms with Gasteiger partial charge >= 0.3 is 0 Å². The van der Waals surface area contributed by atoms with Crippen molar-refractivity contribution < 1.29 is 4.74 Å². The summed E-state index contributed by atoms with van der Waals surface area (Å²) in [4.78, 5) is 6.22. The first-order chi connectivity index (χ1) is 7.25. The van der Waals surface area contributed by atoms with Crippen molar-refractivity contribution >= 4 is 5.69 Å². The molecule has 0 saturated carbocycles. The maximum Gasteiger partial charge on any atom is 0.145 e. The summed E-state index contributed by atoms with van der Waals surface area (Å²) in [6.07, 6.45) is 5.88. The highest BCUT2D eigenvalue weighted by atomic mass is 16.5. The van der Waals surface area contributed by atoms with Crippen molar-refractivity contribution in [3.63, 3.8) is 0 Å². The maximum atomic E-state index is 5.85. The average molecular weight is 207 g/mol. The first-order valence-electron chi connectivity index (χ1n) is 5.30. The second kappa shape index (κ2) is 4.49. The molecule has 1 aromatic rings. The zero-order valence-electron chi connectivity index (χ0n) is 9.02. The Bertz CT molecular complexity index is 329. The molecule has 0 aromatic carbocycles. The van der Waals surface area contributed by atoms with E-state index in [1.54, 1.807) is 12.4 Å². The summed E-state index contributed by atoms with van der Waals surface area (Å²) < 4.78 is 5.85. The third-order valence-electron chi connectivity index (χ3n) is 2.68. The van der Waals surface area contributed by atoms with Crippen molar-refractivity contribution in [3.05, 3.63) is 18.5 Å². The maximum absolute atomic E-state index is 5.85.